The van der Waals surface area contributed by atoms with E-state index < -0.39 is 0 Å². The molecule has 0 radical (unpaired) electrons. The average molecular weight is 571 g/mol. The molecule has 3 aliphatic heterocycles. The molecule has 3 aliphatic rings. The van der Waals surface area contributed by atoms with Gasteiger partial charge in [-0.25, -0.2) is 0 Å². The first-order valence-corrected chi connectivity index (χ1v) is 15.9. The lowest BCUT2D eigenvalue weighted by molar-refractivity contribution is 0.949. The third-order valence-corrected chi connectivity index (χ3v) is 9.28. The van der Waals surface area contributed by atoms with Crippen molar-refractivity contribution in [3.63, 3.8) is 0 Å². The highest BCUT2D eigenvalue weighted by Crippen LogP contribution is 2.32. The summed E-state index contributed by atoms with van der Waals surface area (Å²) in [7, 11) is 0. The van der Waals surface area contributed by atoms with E-state index in [0.29, 0.717) is 0 Å². The van der Waals surface area contributed by atoms with Crippen LogP contribution in [-0.2, 0) is 0 Å². The van der Waals surface area contributed by atoms with Crippen LogP contribution < -0.4 is 31.9 Å². The normalized spacial score (nSPS) is 16.3. The summed E-state index contributed by atoms with van der Waals surface area (Å²) in [5, 5.41) is 0. The van der Waals surface area contributed by atoms with Crippen molar-refractivity contribution in [1.82, 2.24) is 0 Å². The van der Waals surface area contributed by atoms with Crippen molar-refractivity contribution >= 4 is 34.1 Å². The predicted octanol–water partition coefficient (Wildman–Crippen LogP) is 7.46. The molecule has 6 N–H and O–H groups in total. The van der Waals surface area contributed by atoms with Crippen LogP contribution in [0.4, 0.5) is 34.1 Å². The Balaban J connectivity index is 0.000000145. The fourth-order valence-electron chi connectivity index (χ4n) is 6.59. The largest absolute Gasteiger partial charge is 0.398 e. The first-order chi connectivity index (χ1) is 20.1. The summed E-state index contributed by atoms with van der Waals surface area (Å²) in [6.45, 7) is 19.8. The van der Waals surface area contributed by atoms with Gasteiger partial charge in [0.1, 0.15) is 0 Å². The Kier molecular flexibility index (Phi) is 10.5. The van der Waals surface area contributed by atoms with Crippen LogP contribution in [0.1, 0.15) is 71.9 Å². The number of hydrogen-bond donors (Lipinski definition) is 3. The van der Waals surface area contributed by atoms with Crippen molar-refractivity contribution in [2.45, 2.75) is 80.1 Å². The molecule has 6 nitrogen and oxygen atoms in total. The van der Waals surface area contributed by atoms with Crippen LogP contribution in [-0.4, -0.2) is 39.3 Å². The maximum Gasteiger partial charge on any atom is 0.0446 e. The Morgan fingerprint density at radius 3 is 1.52 bits per heavy atom. The van der Waals surface area contributed by atoms with Crippen molar-refractivity contribution in [2.75, 3.05) is 71.2 Å². The average Bonchev–Trinajstić information content (AvgIpc) is 3.77. The SMILES string of the molecule is Cc1cc(C)c(N2CCCC2)cc1N.Cc1ccc(N)c(C)c1N1CCCC1.Cc1ccc(N2CCCC2)c(C)c1N. The number of nitrogens with zero attached hydrogens (tertiary/aromatic N) is 3. The third-order valence-electron chi connectivity index (χ3n) is 9.28. The van der Waals surface area contributed by atoms with E-state index in [2.05, 4.69) is 86.6 Å². The summed E-state index contributed by atoms with van der Waals surface area (Å²) in [6.07, 6.45) is 7.88. The van der Waals surface area contributed by atoms with Gasteiger partial charge in [-0.15, -0.1) is 0 Å². The Hall–Kier alpha value is -3.54. The maximum absolute atomic E-state index is 6.02. The lowest BCUT2D eigenvalue weighted by Gasteiger charge is -2.23. The quantitative estimate of drug-likeness (QED) is 0.283. The molecule has 6 heteroatoms. The van der Waals surface area contributed by atoms with Crippen molar-refractivity contribution < 1.29 is 0 Å². The predicted molar refractivity (Wildman–Crippen MR) is 185 cm³/mol. The molecule has 3 fully saturated rings. The second-order valence-corrected chi connectivity index (χ2v) is 12.5. The molecule has 0 saturated carbocycles. The number of anilines is 6. The molecule has 0 unspecified atom stereocenters. The summed E-state index contributed by atoms with van der Waals surface area (Å²) in [6, 6.07) is 12.8. The number of benzene rings is 3. The zero-order valence-electron chi connectivity index (χ0n) is 27.0. The minimum Gasteiger partial charge on any atom is -0.398 e. The van der Waals surface area contributed by atoms with Crippen LogP contribution in [0.15, 0.2) is 36.4 Å². The van der Waals surface area contributed by atoms with Crippen LogP contribution in [0.25, 0.3) is 0 Å². The monoisotopic (exact) mass is 570 g/mol. The van der Waals surface area contributed by atoms with E-state index in [9.17, 15) is 0 Å². The topological polar surface area (TPSA) is 87.8 Å². The Morgan fingerprint density at radius 1 is 0.452 bits per heavy atom. The Morgan fingerprint density at radius 2 is 0.952 bits per heavy atom. The zero-order valence-corrected chi connectivity index (χ0v) is 27.0. The molecule has 0 atom stereocenters. The van der Waals surface area contributed by atoms with E-state index in [0.717, 1.165) is 17.1 Å². The van der Waals surface area contributed by atoms with Gasteiger partial charge in [0, 0.05) is 73.4 Å². The molecule has 0 spiro atoms. The van der Waals surface area contributed by atoms with Crippen molar-refractivity contribution in [2.24, 2.45) is 0 Å². The number of hydrogen-bond acceptors (Lipinski definition) is 6. The van der Waals surface area contributed by atoms with E-state index in [1.165, 1.54) is 128 Å². The molecule has 228 valence electrons. The maximum atomic E-state index is 6.02. The van der Waals surface area contributed by atoms with E-state index in [1.54, 1.807) is 0 Å². The van der Waals surface area contributed by atoms with Gasteiger partial charge >= 0.3 is 0 Å². The number of nitrogens with two attached hydrogens (primary N) is 3. The number of nitrogen functional groups attached to an aromatic ring is 3. The molecule has 3 saturated heterocycles. The van der Waals surface area contributed by atoms with E-state index >= 15 is 0 Å². The fraction of sp³-hybridized carbons (Fsp3) is 0.500. The minimum absolute atomic E-state index is 0.914. The molecule has 3 aromatic carbocycles. The summed E-state index contributed by atoms with van der Waals surface area (Å²) in [5.41, 5.74) is 32.2. The molecular formula is C36H54N6. The Labute approximate surface area is 254 Å². The molecule has 3 heterocycles. The van der Waals surface area contributed by atoms with Gasteiger partial charge in [-0.1, -0.05) is 18.2 Å². The van der Waals surface area contributed by atoms with Crippen LogP contribution in [0.5, 0.6) is 0 Å². The summed E-state index contributed by atoms with van der Waals surface area (Å²) >= 11 is 0. The van der Waals surface area contributed by atoms with Crippen LogP contribution in [0.3, 0.4) is 0 Å². The first-order valence-electron chi connectivity index (χ1n) is 15.9. The van der Waals surface area contributed by atoms with Gasteiger partial charge < -0.3 is 31.9 Å². The minimum atomic E-state index is 0.914. The summed E-state index contributed by atoms with van der Waals surface area (Å²) < 4.78 is 0. The van der Waals surface area contributed by atoms with Gasteiger partial charge in [-0.3, -0.25) is 0 Å². The molecule has 0 bridgehead atoms. The lowest BCUT2D eigenvalue weighted by atomic mass is 10.1. The van der Waals surface area contributed by atoms with E-state index in [-0.39, 0.29) is 0 Å². The zero-order chi connectivity index (χ0) is 30.4. The highest BCUT2D eigenvalue weighted by atomic mass is 15.2. The van der Waals surface area contributed by atoms with Crippen molar-refractivity contribution in [3.05, 3.63) is 69.8 Å². The van der Waals surface area contributed by atoms with Crippen LogP contribution in [0, 0.1) is 41.5 Å². The summed E-state index contributed by atoms with van der Waals surface area (Å²) in [5.74, 6) is 0. The Bertz CT molecular complexity index is 1330. The van der Waals surface area contributed by atoms with Gasteiger partial charge in [-0.2, -0.15) is 0 Å². The van der Waals surface area contributed by atoms with Gasteiger partial charge in [-0.05, 0) is 132 Å². The standard InChI is InChI=1S/3C12H18N2/c1-9-5-6-11(10(2)12(9)13)14-7-3-4-8-14;1-9-5-6-11(13)10(2)12(9)14-7-3-4-8-14;1-9-7-10(2)12(8-11(9)13)14-5-3-4-6-14/h2*5-6H,3-4,7-8,13H2,1-2H3;7-8H,3-6,13H2,1-2H3. The lowest BCUT2D eigenvalue weighted by Crippen LogP contribution is -2.20. The molecular weight excluding hydrogens is 516 g/mol. The highest BCUT2D eigenvalue weighted by molar-refractivity contribution is 5.69. The second kappa shape index (κ2) is 14.1. The molecule has 42 heavy (non-hydrogen) atoms. The molecule has 0 aliphatic carbocycles. The van der Waals surface area contributed by atoms with Crippen LogP contribution in [0.2, 0.25) is 0 Å². The fourth-order valence-corrected chi connectivity index (χ4v) is 6.59. The van der Waals surface area contributed by atoms with Crippen molar-refractivity contribution in [1.29, 1.82) is 0 Å². The smallest absolute Gasteiger partial charge is 0.0446 e. The number of aryl methyl sites for hydroxylation is 4. The molecule has 6 rings (SSSR count). The van der Waals surface area contributed by atoms with Gasteiger partial charge in [0.05, 0.1) is 0 Å². The second-order valence-electron chi connectivity index (χ2n) is 12.5. The summed E-state index contributed by atoms with van der Waals surface area (Å²) in [4.78, 5) is 7.33. The highest BCUT2D eigenvalue weighted by Gasteiger charge is 2.18. The number of rotatable bonds is 3. The first kappa shape index (κ1) is 31.4. The van der Waals surface area contributed by atoms with Crippen LogP contribution >= 0.6 is 0 Å². The van der Waals surface area contributed by atoms with Gasteiger partial charge in [0.2, 0.25) is 0 Å². The molecule has 0 aromatic heterocycles. The van der Waals surface area contributed by atoms with Crippen molar-refractivity contribution in [3.8, 4) is 0 Å². The molecule has 0 amide bonds. The third kappa shape index (κ3) is 7.26. The van der Waals surface area contributed by atoms with Gasteiger partial charge in [0.25, 0.3) is 0 Å². The van der Waals surface area contributed by atoms with E-state index in [1.807, 2.05) is 6.07 Å². The van der Waals surface area contributed by atoms with Gasteiger partial charge in [0.15, 0.2) is 0 Å². The van der Waals surface area contributed by atoms with E-state index in [4.69, 9.17) is 17.2 Å². The molecule has 3 aromatic rings.